The van der Waals surface area contributed by atoms with Crippen LogP contribution in [0.3, 0.4) is 0 Å². The average Bonchev–Trinajstić information content (AvgIpc) is 3.18. The molecule has 4 aromatic carbocycles. The lowest BCUT2D eigenvalue weighted by Gasteiger charge is -2.44. The zero-order valence-corrected chi connectivity index (χ0v) is 27.8. The largest absolute Gasteiger partial charge is 0.459 e. The van der Waals surface area contributed by atoms with Gasteiger partial charge < -0.3 is 38.8 Å². The van der Waals surface area contributed by atoms with E-state index in [9.17, 15) is 20.2 Å². The van der Waals surface area contributed by atoms with Crippen molar-refractivity contribution in [3.63, 3.8) is 0 Å². The van der Waals surface area contributed by atoms with Crippen molar-refractivity contribution in [3.05, 3.63) is 154 Å². The summed E-state index contributed by atoms with van der Waals surface area (Å²) in [6.07, 6.45) is -5.01. The maximum Gasteiger partial charge on any atom is 0.408 e. The minimum absolute atomic E-state index is 0.0347. The van der Waals surface area contributed by atoms with Gasteiger partial charge in [0.1, 0.15) is 37.6 Å². The van der Waals surface area contributed by atoms with Crippen LogP contribution in [0.4, 0.5) is 4.79 Å². The van der Waals surface area contributed by atoms with E-state index in [0.717, 1.165) is 22.3 Å². The van der Waals surface area contributed by atoms with Crippen LogP contribution in [0.25, 0.3) is 10.4 Å². The molecule has 1 saturated heterocycles. The number of hydrogen-bond donors (Lipinski definition) is 2. The molecule has 13 nitrogen and oxygen atoms in total. The van der Waals surface area contributed by atoms with Crippen molar-refractivity contribution in [2.75, 3.05) is 13.2 Å². The van der Waals surface area contributed by atoms with Crippen molar-refractivity contribution in [2.24, 2.45) is 5.11 Å². The summed E-state index contributed by atoms with van der Waals surface area (Å²) in [5.41, 5.74) is 12.8. The molecule has 0 aromatic heterocycles. The monoisotopic (exact) mass is 696 g/mol. The van der Waals surface area contributed by atoms with Gasteiger partial charge >= 0.3 is 12.1 Å². The summed E-state index contributed by atoms with van der Waals surface area (Å²) in [5.74, 6) is -0.800. The van der Waals surface area contributed by atoms with Crippen LogP contribution in [-0.4, -0.2) is 67.1 Å². The zero-order chi connectivity index (χ0) is 35.7. The quantitative estimate of drug-likeness (QED) is 0.0617. The van der Waals surface area contributed by atoms with Crippen molar-refractivity contribution >= 4 is 12.1 Å². The molecule has 1 amide bonds. The third-order valence-corrected chi connectivity index (χ3v) is 7.99. The molecule has 13 heteroatoms. The average molecular weight is 697 g/mol. The summed E-state index contributed by atoms with van der Waals surface area (Å²) < 4.78 is 35.6. The van der Waals surface area contributed by atoms with E-state index >= 15 is 0 Å². The molecule has 51 heavy (non-hydrogen) atoms. The summed E-state index contributed by atoms with van der Waals surface area (Å²) in [6.45, 7) is -0.749. The number of hydrogen-bond acceptors (Lipinski definition) is 10. The Balaban J connectivity index is 1.33. The lowest BCUT2D eigenvalue weighted by molar-refractivity contribution is -0.284. The maximum absolute atomic E-state index is 13.3. The van der Waals surface area contributed by atoms with Gasteiger partial charge in [-0.1, -0.05) is 126 Å². The number of amides is 1. The second-order valence-corrected chi connectivity index (χ2v) is 11.6. The van der Waals surface area contributed by atoms with E-state index < -0.39 is 62.0 Å². The van der Waals surface area contributed by atoms with E-state index in [-0.39, 0.29) is 26.4 Å². The first-order valence-electron chi connectivity index (χ1n) is 16.4. The Morgan fingerprint density at radius 1 is 0.706 bits per heavy atom. The Morgan fingerprint density at radius 3 is 1.67 bits per heavy atom. The van der Waals surface area contributed by atoms with Gasteiger partial charge in [0.25, 0.3) is 0 Å². The van der Waals surface area contributed by atoms with E-state index in [0.29, 0.717) is 0 Å². The molecule has 266 valence electrons. The molecule has 0 aliphatic carbocycles. The number of rotatable bonds is 17. The fraction of sp³-hybridized carbons (Fsp3) is 0.316. The highest BCUT2D eigenvalue weighted by Crippen LogP contribution is 2.31. The number of aliphatic hydroxyl groups is 1. The fourth-order valence-electron chi connectivity index (χ4n) is 5.38. The van der Waals surface area contributed by atoms with Crippen LogP contribution in [-0.2, 0) is 59.6 Å². The molecule has 0 radical (unpaired) electrons. The number of nitrogens with zero attached hydrogens (tertiary/aromatic N) is 3. The predicted molar refractivity (Wildman–Crippen MR) is 184 cm³/mol. The molecule has 0 unspecified atom stereocenters. The predicted octanol–water partition coefficient (Wildman–Crippen LogP) is 5.61. The number of ether oxygens (including phenoxy) is 6. The van der Waals surface area contributed by atoms with E-state index in [1.54, 1.807) is 24.3 Å². The van der Waals surface area contributed by atoms with Crippen LogP contribution in [0, 0.1) is 0 Å². The van der Waals surface area contributed by atoms with Crippen LogP contribution in [0.1, 0.15) is 22.3 Å². The molecule has 2 N–H and O–H groups in total. The maximum atomic E-state index is 13.3. The summed E-state index contributed by atoms with van der Waals surface area (Å²) in [4.78, 5) is 29.2. The van der Waals surface area contributed by atoms with Crippen molar-refractivity contribution in [3.8, 4) is 0 Å². The van der Waals surface area contributed by atoms with Crippen LogP contribution < -0.4 is 5.32 Å². The van der Waals surface area contributed by atoms with Crippen LogP contribution >= 0.6 is 0 Å². The first-order chi connectivity index (χ1) is 25.0. The lowest BCUT2D eigenvalue weighted by Crippen LogP contribution is -2.60. The van der Waals surface area contributed by atoms with Crippen LogP contribution in [0.5, 0.6) is 0 Å². The number of azide groups is 1. The molecule has 1 fully saturated rings. The number of alkyl carbamates (subject to hydrolysis) is 1. The second-order valence-electron chi connectivity index (χ2n) is 11.6. The number of aliphatic hydroxyl groups excluding tert-OH is 1. The van der Waals surface area contributed by atoms with E-state index in [1.165, 1.54) is 0 Å². The third-order valence-electron chi connectivity index (χ3n) is 7.99. The molecule has 0 spiro atoms. The Kier molecular flexibility index (Phi) is 14.4. The molecule has 6 atom stereocenters. The number of benzene rings is 4. The van der Waals surface area contributed by atoms with E-state index in [1.807, 2.05) is 97.1 Å². The Bertz CT molecular complexity index is 1680. The minimum atomic E-state index is -1.35. The van der Waals surface area contributed by atoms with Gasteiger partial charge in [0, 0.05) is 4.91 Å². The summed E-state index contributed by atoms with van der Waals surface area (Å²) in [6, 6.07) is 34.4. The van der Waals surface area contributed by atoms with Crippen molar-refractivity contribution in [2.45, 2.75) is 63.1 Å². The van der Waals surface area contributed by atoms with E-state index in [2.05, 4.69) is 15.3 Å². The second kappa shape index (κ2) is 19.8. The van der Waals surface area contributed by atoms with Gasteiger partial charge in [-0.2, -0.15) is 0 Å². The number of esters is 1. The Labute approximate surface area is 295 Å². The number of carbonyl (C=O) groups excluding carboxylic acids is 2. The molecular formula is C38H40N4O9. The lowest BCUT2D eigenvalue weighted by atomic mass is 9.96. The molecule has 1 aliphatic heterocycles. The van der Waals surface area contributed by atoms with E-state index in [4.69, 9.17) is 28.4 Å². The van der Waals surface area contributed by atoms with Crippen molar-refractivity contribution in [1.29, 1.82) is 0 Å². The molecular weight excluding hydrogens is 656 g/mol. The van der Waals surface area contributed by atoms with Gasteiger partial charge in [-0.15, -0.1) is 0 Å². The van der Waals surface area contributed by atoms with Gasteiger partial charge in [0.15, 0.2) is 12.3 Å². The number of nitrogens with one attached hydrogen (secondary N) is 1. The highest BCUT2D eigenvalue weighted by Gasteiger charge is 2.48. The highest BCUT2D eigenvalue weighted by molar-refractivity contribution is 5.81. The van der Waals surface area contributed by atoms with Gasteiger partial charge in [-0.3, -0.25) is 0 Å². The first kappa shape index (κ1) is 37.0. The first-order valence-corrected chi connectivity index (χ1v) is 16.4. The standard InChI is InChI=1S/C38H40N4O9/c39-42-41-33-35(47-23-28-15-7-2-8-16-28)34(46-22-27-13-5-1-6-14-27)32(21-43)51-37(33)49-26-31(36(44)48-24-29-17-9-3-10-18-29)40-38(45)50-25-30-19-11-4-12-20-30/h1-20,31-35,37,43H,21-26H2,(H,40,45)/t31-,32+,33+,34-,35+,37-/m0/s1. The minimum Gasteiger partial charge on any atom is -0.459 e. The molecule has 1 aliphatic rings. The third kappa shape index (κ3) is 11.4. The summed E-state index contributed by atoms with van der Waals surface area (Å²) >= 11 is 0. The van der Waals surface area contributed by atoms with Gasteiger partial charge in [0.05, 0.1) is 26.4 Å². The smallest absolute Gasteiger partial charge is 0.408 e. The van der Waals surface area contributed by atoms with Crippen LogP contribution in [0.2, 0.25) is 0 Å². The van der Waals surface area contributed by atoms with Gasteiger partial charge in [-0.05, 0) is 27.8 Å². The molecule has 1 heterocycles. The summed E-state index contributed by atoms with van der Waals surface area (Å²) in [7, 11) is 0. The summed E-state index contributed by atoms with van der Waals surface area (Å²) in [5, 5.41) is 16.9. The fourth-order valence-corrected chi connectivity index (χ4v) is 5.38. The topological polar surface area (TPSA) is 171 Å². The SMILES string of the molecule is [N-]=[N+]=N[C@H]1[C@@H](OC[C@H](NC(=O)OCc2ccccc2)C(=O)OCc2ccccc2)O[C@H](CO)[C@H](OCc2ccccc2)[C@@H]1OCc1ccccc1. The van der Waals surface area contributed by atoms with Crippen LogP contribution in [0.15, 0.2) is 126 Å². The van der Waals surface area contributed by atoms with Gasteiger partial charge in [0.2, 0.25) is 0 Å². The molecule has 0 saturated carbocycles. The highest BCUT2D eigenvalue weighted by atomic mass is 16.7. The zero-order valence-electron chi connectivity index (χ0n) is 27.8. The van der Waals surface area contributed by atoms with Gasteiger partial charge in [-0.25, -0.2) is 9.59 Å². The normalized spacial score (nSPS) is 20.4. The Hall–Kier alpha value is -5.27. The van der Waals surface area contributed by atoms with Crippen molar-refractivity contribution < 1.29 is 43.1 Å². The Morgan fingerprint density at radius 2 is 1.18 bits per heavy atom. The number of carbonyl (C=O) groups is 2. The molecule has 5 rings (SSSR count). The molecule has 0 bridgehead atoms. The molecule has 4 aromatic rings. The van der Waals surface area contributed by atoms with Crippen molar-refractivity contribution in [1.82, 2.24) is 5.32 Å².